The van der Waals surface area contributed by atoms with Gasteiger partial charge in [0, 0.05) is 36.1 Å². The molecule has 2 heterocycles. The lowest BCUT2D eigenvalue weighted by Gasteiger charge is -2.19. The van der Waals surface area contributed by atoms with Gasteiger partial charge in [-0.3, -0.25) is 9.59 Å². The first-order chi connectivity index (χ1) is 17.7. The average Bonchev–Trinajstić information content (AvgIpc) is 3.54. The first-order valence-electron chi connectivity index (χ1n) is 11.6. The molecular weight excluding hydrogens is 509 g/mol. The second-order valence-electron chi connectivity index (χ2n) is 8.96. The van der Waals surface area contributed by atoms with Gasteiger partial charge in [0.1, 0.15) is 0 Å². The van der Waals surface area contributed by atoms with E-state index in [1.807, 2.05) is 0 Å². The second-order valence-corrected chi connectivity index (χ2v) is 9.40. The van der Waals surface area contributed by atoms with Crippen LogP contribution in [0.5, 0.6) is 11.5 Å². The lowest BCUT2D eigenvalue weighted by Crippen LogP contribution is -2.35. The second kappa shape index (κ2) is 9.97. The Labute approximate surface area is 215 Å². The number of nitrogens with zero attached hydrogens (tertiary/aromatic N) is 1. The third kappa shape index (κ3) is 5.36. The molecule has 2 amide bonds. The number of hydrogen-bond donors (Lipinski definition) is 1. The van der Waals surface area contributed by atoms with Crippen molar-refractivity contribution in [2.75, 3.05) is 19.9 Å². The molecule has 3 aromatic carbocycles. The van der Waals surface area contributed by atoms with Gasteiger partial charge in [0.2, 0.25) is 12.7 Å². The zero-order chi connectivity index (χ0) is 26.2. The minimum Gasteiger partial charge on any atom is -0.454 e. The molecule has 2 atom stereocenters. The van der Waals surface area contributed by atoms with Gasteiger partial charge in [0.15, 0.2) is 11.5 Å². The zero-order valence-corrected chi connectivity index (χ0v) is 20.2. The number of benzene rings is 3. The largest absolute Gasteiger partial charge is 0.454 e. The monoisotopic (exact) mass is 530 g/mol. The van der Waals surface area contributed by atoms with Crippen LogP contribution in [0.2, 0.25) is 5.02 Å². The predicted molar refractivity (Wildman–Crippen MR) is 129 cm³/mol. The number of halogens is 4. The summed E-state index contributed by atoms with van der Waals surface area (Å²) in [6, 6.07) is 16.6. The number of nitrogens with one attached hydrogen (secondary N) is 1. The summed E-state index contributed by atoms with van der Waals surface area (Å²) in [7, 11) is 0. The molecule has 2 aliphatic heterocycles. The number of rotatable bonds is 5. The van der Waals surface area contributed by atoms with Crippen molar-refractivity contribution in [1.82, 2.24) is 10.2 Å². The summed E-state index contributed by atoms with van der Waals surface area (Å²) in [5.41, 5.74) is 0.713. The summed E-state index contributed by atoms with van der Waals surface area (Å²) in [5.74, 6) is -0.837. The van der Waals surface area contributed by atoms with E-state index < -0.39 is 23.6 Å². The SMILES string of the molecule is O=C(NCc1ccc2c(c1)OCO2)C1CN(C(=O)c2ccc(Cl)cc2)CC1c1cccc(C(F)(F)F)c1. The number of amides is 2. The highest BCUT2D eigenvalue weighted by Crippen LogP contribution is 2.37. The van der Waals surface area contributed by atoms with Crippen LogP contribution in [0.1, 0.15) is 33.0 Å². The van der Waals surface area contributed by atoms with E-state index in [1.165, 1.54) is 11.0 Å². The smallest absolute Gasteiger partial charge is 0.416 e. The molecule has 1 fully saturated rings. The fourth-order valence-electron chi connectivity index (χ4n) is 4.66. The van der Waals surface area contributed by atoms with E-state index in [-0.39, 0.29) is 38.2 Å². The number of hydrogen-bond acceptors (Lipinski definition) is 4. The minimum atomic E-state index is -4.52. The number of fused-ring (bicyclic) bond motifs is 1. The average molecular weight is 531 g/mol. The molecule has 1 N–H and O–H groups in total. The van der Waals surface area contributed by atoms with Crippen molar-refractivity contribution in [3.63, 3.8) is 0 Å². The van der Waals surface area contributed by atoms with Crippen LogP contribution in [-0.4, -0.2) is 36.6 Å². The van der Waals surface area contributed by atoms with Gasteiger partial charge in [0.05, 0.1) is 11.5 Å². The molecular formula is C27H22ClF3N2O4. The highest BCUT2D eigenvalue weighted by molar-refractivity contribution is 6.30. The zero-order valence-electron chi connectivity index (χ0n) is 19.4. The molecule has 0 spiro atoms. The molecule has 37 heavy (non-hydrogen) atoms. The molecule has 1 saturated heterocycles. The van der Waals surface area contributed by atoms with Crippen LogP contribution in [0.25, 0.3) is 0 Å². The fourth-order valence-corrected chi connectivity index (χ4v) is 4.79. The molecule has 192 valence electrons. The van der Waals surface area contributed by atoms with Crippen molar-refractivity contribution in [3.8, 4) is 11.5 Å². The van der Waals surface area contributed by atoms with Crippen LogP contribution < -0.4 is 14.8 Å². The van der Waals surface area contributed by atoms with Gasteiger partial charge < -0.3 is 19.7 Å². The van der Waals surface area contributed by atoms with Gasteiger partial charge in [0.25, 0.3) is 5.91 Å². The minimum absolute atomic E-state index is 0.0648. The maximum absolute atomic E-state index is 13.4. The molecule has 3 aromatic rings. The normalized spacial score (nSPS) is 18.6. The molecule has 2 aliphatic rings. The van der Waals surface area contributed by atoms with Crippen LogP contribution in [0.15, 0.2) is 66.7 Å². The summed E-state index contributed by atoms with van der Waals surface area (Å²) in [4.78, 5) is 28.0. The summed E-state index contributed by atoms with van der Waals surface area (Å²) in [5, 5.41) is 3.34. The summed E-state index contributed by atoms with van der Waals surface area (Å²) >= 11 is 5.93. The van der Waals surface area contributed by atoms with Crippen LogP contribution in [0.4, 0.5) is 13.2 Å². The van der Waals surface area contributed by atoms with Gasteiger partial charge in [-0.2, -0.15) is 13.2 Å². The van der Waals surface area contributed by atoms with E-state index in [0.717, 1.165) is 17.7 Å². The number of ether oxygens (including phenoxy) is 2. The molecule has 0 aliphatic carbocycles. The van der Waals surface area contributed by atoms with Crippen molar-refractivity contribution in [3.05, 3.63) is 94.0 Å². The molecule has 6 nitrogen and oxygen atoms in total. The topological polar surface area (TPSA) is 67.9 Å². The molecule has 0 saturated carbocycles. The maximum atomic E-state index is 13.4. The molecule has 2 unspecified atom stereocenters. The molecule has 0 bridgehead atoms. The van der Waals surface area contributed by atoms with Crippen LogP contribution in [0, 0.1) is 5.92 Å². The number of likely N-dealkylation sites (tertiary alicyclic amines) is 1. The van der Waals surface area contributed by atoms with Gasteiger partial charge >= 0.3 is 6.18 Å². The van der Waals surface area contributed by atoms with Crippen LogP contribution in [-0.2, 0) is 17.5 Å². The Bertz CT molecular complexity index is 1330. The summed E-state index contributed by atoms with van der Waals surface area (Å²) in [6.45, 7) is 0.482. The summed E-state index contributed by atoms with van der Waals surface area (Å²) < 4.78 is 50.9. The lowest BCUT2D eigenvalue weighted by atomic mass is 9.87. The van der Waals surface area contributed by atoms with Gasteiger partial charge in [-0.1, -0.05) is 35.9 Å². The molecule has 10 heteroatoms. The number of alkyl halides is 3. The van der Waals surface area contributed by atoms with E-state index in [4.69, 9.17) is 21.1 Å². The summed E-state index contributed by atoms with van der Waals surface area (Å²) in [6.07, 6.45) is -4.52. The van der Waals surface area contributed by atoms with Crippen LogP contribution >= 0.6 is 11.6 Å². The number of carbonyl (C=O) groups excluding carboxylic acids is 2. The van der Waals surface area contributed by atoms with E-state index in [9.17, 15) is 22.8 Å². The highest BCUT2D eigenvalue weighted by Gasteiger charge is 2.41. The third-order valence-corrected chi connectivity index (χ3v) is 6.83. The van der Waals surface area contributed by atoms with E-state index in [2.05, 4.69) is 5.32 Å². The fraction of sp³-hybridized carbons (Fsp3) is 0.259. The maximum Gasteiger partial charge on any atom is 0.416 e. The van der Waals surface area contributed by atoms with E-state index >= 15 is 0 Å². The van der Waals surface area contributed by atoms with Gasteiger partial charge in [-0.05, 0) is 53.6 Å². The van der Waals surface area contributed by atoms with E-state index in [1.54, 1.807) is 48.5 Å². The molecule has 0 radical (unpaired) electrons. The van der Waals surface area contributed by atoms with Crippen molar-refractivity contribution in [2.24, 2.45) is 5.92 Å². The Kier molecular flexibility index (Phi) is 6.72. The number of carbonyl (C=O) groups is 2. The third-order valence-electron chi connectivity index (χ3n) is 6.58. The lowest BCUT2D eigenvalue weighted by molar-refractivity contribution is -0.137. The standard InChI is InChI=1S/C27H22ClF3N2O4/c28-20-7-5-17(6-8-20)26(35)33-13-21(18-2-1-3-19(11-18)27(29,30)31)22(14-33)25(34)32-12-16-4-9-23-24(10-16)37-15-36-23/h1-11,21-22H,12-15H2,(H,32,34). The first kappa shape index (κ1) is 25.0. The van der Waals surface area contributed by atoms with Crippen molar-refractivity contribution in [1.29, 1.82) is 0 Å². The van der Waals surface area contributed by atoms with Crippen molar-refractivity contribution < 1.29 is 32.2 Å². The molecule has 5 rings (SSSR count). The predicted octanol–water partition coefficient (Wildman–Crippen LogP) is 5.26. The Balaban J connectivity index is 1.38. The van der Waals surface area contributed by atoms with E-state index in [0.29, 0.717) is 27.6 Å². The van der Waals surface area contributed by atoms with Crippen molar-refractivity contribution in [2.45, 2.75) is 18.6 Å². The first-order valence-corrected chi connectivity index (χ1v) is 11.9. The Hall–Kier alpha value is -3.72. The van der Waals surface area contributed by atoms with Gasteiger partial charge in [-0.15, -0.1) is 0 Å². The Morgan fingerprint density at radius 2 is 1.73 bits per heavy atom. The van der Waals surface area contributed by atoms with Gasteiger partial charge in [-0.25, -0.2) is 0 Å². The molecule has 0 aromatic heterocycles. The Morgan fingerprint density at radius 1 is 0.973 bits per heavy atom. The Morgan fingerprint density at radius 3 is 2.49 bits per heavy atom. The van der Waals surface area contributed by atoms with Crippen LogP contribution in [0.3, 0.4) is 0 Å². The quantitative estimate of drug-likeness (QED) is 0.489. The highest BCUT2D eigenvalue weighted by atomic mass is 35.5. The van der Waals surface area contributed by atoms with Crippen molar-refractivity contribution >= 4 is 23.4 Å².